The molecule has 0 aliphatic carbocycles. The molecule has 20 heavy (non-hydrogen) atoms. The van der Waals surface area contributed by atoms with Crippen LogP contribution in [0.2, 0.25) is 0 Å². The van der Waals surface area contributed by atoms with Crippen molar-refractivity contribution in [2.45, 2.75) is 4.90 Å². The quantitative estimate of drug-likeness (QED) is 0.568. The number of halogens is 2. The Balaban J connectivity index is 0. The predicted octanol–water partition coefficient (Wildman–Crippen LogP) is 1.49. The van der Waals surface area contributed by atoms with Crippen LogP contribution in [0.4, 0.5) is 0 Å². The zero-order valence-corrected chi connectivity index (χ0v) is 13.7. The molecule has 0 unspecified atom stereocenters. The summed E-state index contributed by atoms with van der Waals surface area (Å²) in [6.07, 6.45) is 0. The summed E-state index contributed by atoms with van der Waals surface area (Å²) < 4.78 is 56.7. The highest BCUT2D eigenvalue weighted by atomic mass is 79.9. The molecule has 0 radical (unpaired) electrons. The third kappa shape index (κ3) is 8.41. The highest BCUT2D eigenvalue weighted by Gasteiger charge is 2.16. The van der Waals surface area contributed by atoms with E-state index in [4.69, 9.17) is 15.3 Å². The lowest BCUT2D eigenvalue weighted by Crippen LogP contribution is -2.15. The van der Waals surface area contributed by atoms with Crippen LogP contribution in [-0.2, 0) is 24.4 Å². The highest BCUT2D eigenvalue weighted by Crippen LogP contribution is 2.17. The Morgan fingerprint density at radius 3 is 2.20 bits per heavy atom. The Bertz CT molecular complexity index is 646. The zero-order valence-electron chi connectivity index (χ0n) is 9.71. The molecule has 12 heteroatoms. The molecular weight excluding hydrogens is 400 g/mol. The Labute approximate surface area is 131 Å². The Kier molecular flexibility index (Phi) is 9.92. The van der Waals surface area contributed by atoms with Gasteiger partial charge in [0.25, 0.3) is 0 Å². The summed E-state index contributed by atoms with van der Waals surface area (Å²) in [5.74, 6) is -0.538. The van der Waals surface area contributed by atoms with Crippen LogP contribution >= 0.6 is 28.3 Å². The van der Waals surface area contributed by atoms with Gasteiger partial charge < -0.3 is 0 Å². The van der Waals surface area contributed by atoms with Crippen LogP contribution in [0.25, 0.3) is 0 Å². The van der Waals surface area contributed by atoms with Gasteiger partial charge in [-0.05, 0) is 18.2 Å². The molecule has 0 bridgehead atoms. The summed E-state index contributed by atoms with van der Waals surface area (Å²) >= 11 is 3.12. The molecule has 8 nitrogen and oxygen atoms in total. The van der Waals surface area contributed by atoms with Crippen molar-refractivity contribution in [2.75, 3.05) is 12.4 Å². The number of sulfone groups is 1. The molecule has 0 aliphatic rings. The van der Waals surface area contributed by atoms with Gasteiger partial charge in [-0.3, -0.25) is 4.55 Å². The van der Waals surface area contributed by atoms with Gasteiger partial charge in [-0.15, -0.1) is 12.4 Å². The maximum Gasteiger partial charge on any atom is 0.397 e. The van der Waals surface area contributed by atoms with Crippen molar-refractivity contribution < 1.29 is 25.6 Å². The number of hydrogen-bond donors (Lipinski definition) is 1. The second kappa shape index (κ2) is 9.22. The summed E-state index contributed by atoms with van der Waals surface area (Å²) in [4.78, 5) is 0.0470. The third-order valence-electron chi connectivity index (χ3n) is 1.74. The maximum absolute atomic E-state index is 11.7. The minimum atomic E-state index is -4.61. The Morgan fingerprint density at radius 1 is 1.20 bits per heavy atom. The summed E-state index contributed by atoms with van der Waals surface area (Å²) in [6, 6.07) is 5.98. The Morgan fingerprint density at radius 2 is 1.75 bits per heavy atom. The average Bonchev–Trinajstić information content (AvgIpc) is 2.29. The van der Waals surface area contributed by atoms with Gasteiger partial charge in [0.15, 0.2) is 9.84 Å². The first-order valence-electron chi connectivity index (χ1n) is 4.51. The van der Waals surface area contributed by atoms with E-state index in [2.05, 4.69) is 20.1 Å². The normalized spacial score (nSPS) is 10.8. The number of nitrogens with zero attached hydrogens (tertiary/aromatic N) is 2. The molecule has 0 heterocycles. The minimum Gasteiger partial charge on any atom is -0.264 e. The molecule has 0 atom stereocenters. The molecule has 0 saturated carbocycles. The average molecular weight is 410 g/mol. The second-order valence-electron chi connectivity index (χ2n) is 3.03. The largest absolute Gasteiger partial charge is 0.397 e. The fraction of sp³-hybridized carbons (Fsp3) is 0.250. The van der Waals surface area contributed by atoms with Crippen LogP contribution < -0.4 is 0 Å². The summed E-state index contributed by atoms with van der Waals surface area (Å²) in [5.41, 5.74) is 0. The van der Waals surface area contributed by atoms with Crippen LogP contribution in [0, 0.1) is 10.8 Å². The van der Waals surface area contributed by atoms with Crippen LogP contribution in [-0.4, -0.2) is 33.7 Å². The highest BCUT2D eigenvalue weighted by molar-refractivity contribution is 9.10. The molecule has 0 amide bonds. The molecule has 0 aliphatic heterocycles. The zero-order chi connectivity index (χ0) is 15.1. The first-order valence-corrected chi connectivity index (χ1v) is 8.32. The van der Waals surface area contributed by atoms with E-state index in [-0.39, 0.29) is 17.3 Å². The van der Waals surface area contributed by atoms with Gasteiger partial charge in [-0.2, -0.15) is 8.42 Å². The van der Waals surface area contributed by atoms with E-state index >= 15 is 0 Å². The van der Waals surface area contributed by atoms with Crippen molar-refractivity contribution in [1.82, 2.24) is 0 Å². The molecule has 0 saturated heterocycles. The van der Waals surface area contributed by atoms with E-state index in [0.717, 1.165) is 0 Å². The van der Waals surface area contributed by atoms with Gasteiger partial charge in [0.2, 0.25) is 0 Å². The fourth-order valence-corrected chi connectivity index (χ4v) is 3.11. The van der Waals surface area contributed by atoms with Gasteiger partial charge in [0.1, 0.15) is 0 Å². The fourth-order valence-electron chi connectivity index (χ4n) is 1.03. The van der Waals surface area contributed by atoms with E-state index in [9.17, 15) is 16.8 Å². The lowest BCUT2D eigenvalue weighted by molar-refractivity contribution is 0.284. The molecular formula is C8H10BrClN2O6S2. The van der Waals surface area contributed by atoms with Gasteiger partial charge in [0.05, 0.1) is 17.3 Å². The van der Waals surface area contributed by atoms with E-state index in [1.165, 1.54) is 12.1 Å². The maximum atomic E-state index is 11.7. The lowest BCUT2D eigenvalue weighted by Gasteiger charge is -2.04. The van der Waals surface area contributed by atoms with Crippen molar-refractivity contribution in [2.24, 2.45) is 0 Å². The molecule has 1 aromatic carbocycles. The van der Waals surface area contributed by atoms with E-state index in [1.54, 1.807) is 12.1 Å². The van der Waals surface area contributed by atoms with Gasteiger partial charge in [-0.1, -0.05) is 22.0 Å². The molecule has 1 rings (SSSR count). The van der Waals surface area contributed by atoms with Gasteiger partial charge >= 0.3 is 10.4 Å². The van der Waals surface area contributed by atoms with Crippen molar-refractivity contribution in [3.8, 4) is 0 Å². The van der Waals surface area contributed by atoms with Crippen LogP contribution in [0.15, 0.2) is 33.6 Å². The van der Waals surface area contributed by atoms with Crippen molar-refractivity contribution in [3.05, 3.63) is 28.7 Å². The van der Waals surface area contributed by atoms with Crippen LogP contribution in [0.1, 0.15) is 0 Å². The van der Waals surface area contributed by atoms with Crippen molar-refractivity contribution in [1.29, 1.82) is 10.8 Å². The first kappa shape index (κ1) is 21.5. The van der Waals surface area contributed by atoms with Crippen LogP contribution in [0.3, 0.4) is 0 Å². The summed E-state index contributed by atoms with van der Waals surface area (Å²) in [5, 5.41) is 12.0. The van der Waals surface area contributed by atoms with E-state index in [0.29, 0.717) is 4.47 Å². The molecule has 0 fully saturated rings. The monoisotopic (exact) mass is 408 g/mol. The van der Waals surface area contributed by atoms with Gasteiger partial charge in [0, 0.05) is 15.3 Å². The SMILES string of the molecule is Cl.N#N.O=S(=O)(O)OCCS(=O)(=O)c1cccc(Br)c1. The minimum absolute atomic E-state index is 0. The lowest BCUT2D eigenvalue weighted by atomic mass is 10.4. The van der Waals surface area contributed by atoms with Gasteiger partial charge in [-0.25, -0.2) is 12.6 Å². The topological polar surface area (TPSA) is 145 Å². The number of benzene rings is 1. The smallest absolute Gasteiger partial charge is 0.264 e. The first-order chi connectivity index (χ1) is 8.71. The Hall–Kier alpha value is -0.770. The van der Waals surface area contributed by atoms with Crippen molar-refractivity contribution in [3.63, 3.8) is 0 Å². The molecule has 114 valence electrons. The third-order valence-corrected chi connectivity index (χ3v) is 4.37. The molecule has 0 aromatic heterocycles. The predicted molar refractivity (Wildman–Crippen MR) is 74.4 cm³/mol. The molecule has 1 N–H and O–H groups in total. The standard InChI is InChI=1S/C8H9BrO6S2.ClH.N2/c9-7-2-1-3-8(6-7)16(10,11)5-4-15-17(12,13)14;;1-2/h1-3,6H,4-5H2,(H,12,13,14);1H;. The van der Waals surface area contributed by atoms with Crippen molar-refractivity contribution >= 4 is 48.6 Å². The summed E-state index contributed by atoms with van der Waals surface area (Å²) in [7, 11) is -8.25. The molecule has 1 aromatic rings. The summed E-state index contributed by atoms with van der Waals surface area (Å²) in [6.45, 7) is -0.631. The number of rotatable bonds is 5. The second-order valence-corrected chi connectivity index (χ2v) is 7.14. The number of hydrogen-bond acceptors (Lipinski definition) is 7. The van der Waals surface area contributed by atoms with E-state index < -0.39 is 32.6 Å². The van der Waals surface area contributed by atoms with Crippen LogP contribution in [0.5, 0.6) is 0 Å². The molecule has 0 spiro atoms. The van der Waals surface area contributed by atoms with E-state index in [1.807, 2.05) is 0 Å².